The zero-order valence-corrected chi connectivity index (χ0v) is 13.3. The first-order valence-electron chi connectivity index (χ1n) is 6.49. The summed E-state index contributed by atoms with van der Waals surface area (Å²) in [6.45, 7) is 2.26. The van der Waals surface area contributed by atoms with Gasteiger partial charge < -0.3 is 15.7 Å². The monoisotopic (exact) mass is 388 g/mol. The normalized spacial score (nSPS) is 22.6. The van der Waals surface area contributed by atoms with E-state index >= 15 is 0 Å². The van der Waals surface area contributed by atoms with Crippen molar-refractivity contribution in [3.63, 3.8) is 0 Å². The van der Waals surface area contributed by atoms with Gasteiger partial charge in [-0.25, -0.2) is 0 Å². The molecule has 5 nitrogen and oxygen atoms in total. The second kappa shape index (κ2) is 5.99. The fourth-order valence-electron chi connectivity index (χ4n) is 2.46. The van der Waals surface area contributed by atoms with Crippen LogP contribution < -0.4 is 5.73 Å². The van der Waals surface area contributed by atoms with Crippen molar-refractivity contribution in [2.75, 3.05) is 6.54 Å². The number of amides is 2. The van der Waals surface area contributed by atoms with Crippen molar-refractivity contribution < 1.29 is 14.7 Å². The highest BCUT2D eigenvalue weighted by atomic mass is 127. The van der Waals surface area contributed by atoms with Crippen molar-refractivity contribution in [2.45, 2.75) is 25.8 Å². The number of rotatable bonds is 2. The number of primary amides is 1. The quantitative estimate of drug-likeness (QED) is 0.757. The van der Waals surface area contributed by atoms with Crippen molar-refractivity contribution >= 4 is 34.4 Å². The zero-order valence-electron chi connectivity index (χ0n) is 11.2. The molecule has 3 N–H and O–H groups in total. The Morgan fingerprint density at radius 2 is 2.10 bits per heavy atom. The van der Waals surface area contributed by atoms with Crippen LogP contribution in [0.5, 0.6) is 5.75 Å². The second-order valence-electron chi connectivity index (χ2n) is 5.14. The molecule has 2 unspecified atom stereocenters. The first kappa shape index (κ1) is 15.1. The molecular formula is C14H17IN2O3. The van der Waals surface area contributed by atoms with Crippen LogP contribution in [0.15, 0.2) is 18.2 Å². The Labute approximate surface area is 131 Å². The van der Waals surface area contributed by atoms with Gasteiger partial charge in [-0.2, -0.15) is 0 Å². The van der Waals surface area contributed by atoms with Crippen LogP contribution in [0.3, 0.4) is 0 Å². The second-order valence-corrected chi connectivity index (χ2v) is 6.39. The Morgan fingerprint density at radius 1 is 1.40 bits per heavy atom. The van der Waals surface area contributed by atoms with E-state index in [2.05, 4.69) is 22.6 Å². The molecule has 0 saturated carbocycles. The summed E-state index contributed by atoms with van der Waals surface area (Å²) in [6.07, 6.45) is 1.45. The summed E-state index contributed by atoms with van der Waals surface area (Å²) in [6, 6.07) is 4.93. The zero-order chi connectivity index (χ0) is 14.9. The third kappa shape index (κ3) is 3.05. The first-order chi connectivity index (χ1) is 9.40. The van der Waals surface area contributed by atoms with Gasteiger partial charge in [0, 0.05) is 16.2 Å². The van der Waals surface area contributed by atoms with Gasteiger partial charge in [0.15, 0.2) is 0 Å². The number of phenols is 1. The van der Waals surface area contributed by atoms with Crippen LogP contribution in [0.4, 0.5) is 0 Å². The Kier molecular flexibility index (Phi) is 4.52. The molecule has 0 radical (unpaired) electrons. The lowest BCUT2D eigenvalue weighted by Gasteiger charge is -2.37. The molecule has 1 aliphatic rings. The average molecular weight is 388 g/mol. The number of likely N-dealkylation sites (tertiary alicyclic amines) is 1. The summed E-state index contributed by atoms with van der Waals surface area (Å²) in [5.41, 5.74) is 5.61. The van der Waals surface area contributed by atoms with E-state index in [1.165, 1.54) is 6.07 Å². The highest BCUT2D eigenvalue weighted by molar-refractivity contribution is 14.1. The molecule has 0 spiro atoms. The van der Waals surface area contributed by atoms with Gasteiger partial charge in [-0.15, -0.1) is 0 Å². The maximum absolute atomic E-state index is 12.6. The number of halogens is 1. The standard InChI is InChI=1S/C14H17IN2O3/c1-8-2-3-9(13(16)19)7-17(8)14(20)11-6-10(15)4-5-12(11)18/h4-6,8-9,18H,2-3,7H2,1H3,(H2,16,19). The lowest BCUT2D eigenvalue weighted by molar-refractivity contribution is -0.123. The van der Waals surface area contributed by atoms with Gasteiger partial charge in [-0.3, -0.25) is 9.59 Å². The maximum Gasteiger partial charge on any atom is 0.257 e. The van der Waals surface area contributed by atoms with Gasteiger partial charge in [0.2, 0.25) is 5.91 Å². The smallest absolute Gasteiger partial charge is 0.257 e. The van der Waals surface area contributed by atoms with Crippen LogP contribution in [-0.4, -0.2) is 34.4 Å². The minimum absolute atomic E-state index is 0.0374. The lowest BCUT2D eigenvalue weighted by atomic mass is 9.92. The number of benzene rings is 1. The number of hydrogen-bond donors (Lipinski definition) is 2. The van der Waals surface area contributed by atoms with E-state index in [0.717, 1.165) is 9.99 Å². The van der Waals surface area contributed by atoms with Crippen LogP contribution in [0.25, 0.3) is 0 Å². The van der Waals surface area contributed by atoms with Gasteiger partial charge in [-0.1, -0.05) is 0 Å². The van der Waals surface area contributed by atoms with Crippen LogP contribution in [0.1, 0.15) is 30.1 Å². The van der Waals surface area contributed by atoms with Crippen molar-refractivity contribution in [1.82, 2.24) is 4.90 Å². The summed E-state index contributed by atoms with van der Waals surface area (Å²) in [7, 11) is 0. The van der Waals surface area contributed by atoms with Gasteiger partial charge >= 0.3 is 0 Å². The molecule has 6 heteroatoms. The summed E-state index contributed by atoms with van der Waals surface area (Å²) in [5.74, 6) is -0.968. The molecule has 1 aromatic carbocycles. The number of nitrogens with zero attached hydrogens (tertiary/aromatic N) is 1. The Hall–Kier alpha value is -1.31. The van der Waals surface area contributed by atoms with Crippen molar-refractivity contribution in [2.24, 2.45) is 11.7 Å². The largest absolute Gasteiger partial charge is 0.507 e. The van der Waals surface area contributed by atoms with Gasteiger partial charge in [0.25, 0.3) is 5.91 Å². The third-order valence-electron chi connectivity index (χ3n) is 3.73. The fourth-order valence-corrected chi connectivity index (χ4v) is 2.95. The average Bonchev–Trinajstić information content (AvgIpc) is 2.41. The molecule has 2 amide bonds. The topological polar surface area (TPSA) is 83.6 Å². The number of nitrogens with two attached hydrogens (primary N) is 1. The summed E-state index contributed by atoms with van der Waals surface area (Å²) >= 11 is 2.09. The molecule has 0 aliphatic carbocycles. The molecule has 2 atom stereocenters. The van der Waals surface area contributed by atoms with E-state index in [9.17, 15) is 14.7 Å². The molecule has 1 saturated heterocycles. The highest BCUT2D eigenvalue weighted by Crippen LogP contribution is 2.27. The lowest BCUT2D eigenvalue weighted by Crippen LogP contribution is -2.48. The van der Waals surface area contributed by atoms with Crippen LogP contribution >= 0.6 is 22.6 Å². The molecular weight excluding hydrogens is 371 g/mol. The highest BCUT2D eigenvalue weighted by Gasteiger charge is 2.32. The number of piperidine rings is 1. The Morgan fingerprint density at radius 3 is 2.75 bits per heavy atom. The van der Waals surface area contributed by atoms with Crippen molar-refractivity contribution in [3.8, 4) is 5.75 Å². The van der Waals surface area contributed by atoms with E-state index in [-0.39, 0.29) is 35.1 Å². The number of hydrogen-bond acceptors (Lipinski definition) is 3. The van der Waals surface area contributed by atoms with Crippen molar-refractivity contribution in [3.05, 3.63) is 27.3 Å². The molecule has 1 heterocycles. The first-order valence-corrected chi connectivity index (χ1v) is 7.57. The molecule has 2 rings (SSSR count). The predicted molar refractivity (Wildman–Crippen MR) is 83.2 cm³/mol. The van der Waals surface area contributed by atoms with E-state index in [1.54, 1.807) is 17.0 Å². The minimum Gasteiger partial charge on any atom is -0.507 e. The summed E-state index contributed by atoms with van der Waals surface area (Å²) in [5, 5.41) is 9.85. The maximum atomic E-state index is 12.6. The molecule has 1 aliphatic heterocycles. The van der Waals surface area contributed by atoms with E-state index in [1.807, 2.05) is 6.92 Å². The van der Waals surface area contributed by atoms with E-state index in [4.69, 9.17) is 5.73 Å². The summed E-state index contributed by atoms with van der Waals surface area (Å²) < 4.78 is 0.875. The van der Waals surface area contributed by atoms with Gasteiger partial charge in [0.05, 0.1) is 11.5 Å². The fraction of sp³-hybridized carbons (Fsp3) is 0.429. The number of carbonyl (C=O) groups excluding carboxylic acids is 2. The molecule has 1 aromatic rings. The number of carbonyl (C=O) groups is 2. The van der Waals surface area contributed by atoms with Crippen molar-refractivity contribution in [1.29, 1.82) is 0 Å². The number of aromatic hydroxyl groups is 1. The molecule has 0 aromatic heterocycles. The van der Waals surface area contributed by atoms with E-state index < -0.39 is 0 Å². The SMILES string of the molecule is CC1CCC(C(N)=O)CN1C(=O)c1cc(I)ccc1O. The summed E-state index contributed by atoms with van der Waals surface area (Å²) in [4.78, 5) is 25.5. The van der Waals surface area contributed by atoms with Crippen LogP contribution in [0, 0.1) is 9.49 Å². The predicted octanol–water partition coefficient (Wildman–Crippen LogP) is 1.72. The number of phenolic OH excluding ortho intramolecular Hbond substituents is 1. The van der Waals surface area contributed by atoms with Crippen LogP contribution in [-0.2, 0) is 4.79 Å². The minimum atomic E-state index is -0.374. The Balaban J connectivity index is 2.26. The molecule has 20 heavy (non-hydrogen) atoms. The van der Waals surface area contributed by atoms with Gasteiger partial charge in [0.1, 0.15) is 5.75 Å². The third-order valence-corrected chi connectivity index (χ3v) is 4.41. The molecule has 1 fully saturated rings. The van der Waals surface area contributed by atoms with Gasteiger partial charge in [-0.05, 0) is 60.6 Å². The molecule has 108 valence electrons. The Bertz CT molecular complexity index is 547. The van der Waals surface area contributed by atoms with E-state index in [0.29, 0.717) is 13.0 Å². The van der Waals surface area contributed by atoms with Crippen LogP contribution in [0.2, 0.25) is 0 Å². The molecule has 0 bridgehead atoms.